The fourth-order valence-electron chi connectivity index (χ4n) is 5.09. The van der Waals surface area contributed by atoms with E-state index in [1.807, 2.05) is 0 Å². The Balaban J connectivity index is 1.31. The van der Waals surface area contributed by atoms with Gasteiger partial charge >= 0.3 is 5.97 Å². The van der Waals surface area contributed by atoms with E-state index in [9.17, 15) is 45.6 Å². The van der Waals surface area contributed by atoms with Gasteiger partial charge in [-0.1, -0.05) is 12.1 Å². The van der Waals surface area contributed by atoms with Gasteiger partial charge in [0.25, 0.3) is 0 Å². The highest BCUT2D eigenvalue weighted by Crippen LogP contribution is 2.38. The van der Waals surface area contributed by atoms with Gasteiger partial charge in [0.15, 0.2) is 35.6 Å². The van der Waals surface area contributed by atoms with Crippen molar-refractivity contribution < 1.29 is 74.1 Å². The molecule has 3 aliphatic heterocycles. The fraction of sp³-hybridized carbons (Fsp3) is 0.483. The van der Waals surface area contributed by atoms with E-state index in [0.29, 0.717) is 11.1 Å². The van der Waals surface area contributed by atoms with Crippen LogP contribution in [0.25, 0.3) is 6.08 Å². The Kier molecular flexibility index (Phi) is 9.59. The number of aliphatic hydroxyl groups excluding tert-OH is 4. The highest BCUT2D eigenvalue weighted by molar-refractivity contribution is 5.87. The summed E-state index contributed by atoms with van der Waals surface area (Å²) >= 11 is 0. The molecule has 2 aromatic rings. The Bertz CT molecular complexity index is 1350. The van der Waals surface area contributed by atoms with Crippen LogP contribution in [-0.2, 0) is 33.2 Å². The Morgan fingerprint density at radius 3 is 2.27 bits per heavy atom. The first-order valence-electron chi connectivity index (χ1n) is 13.8. The number of benzene rings is 2. The van der Waals surface area contributed by atoms with E-state index in [1.165, 1.54) is 49.4 Å². The molecule has 8 N–H and O–H groups in total. The lowest BCUT2D eigenvalue weighted by atomic mass is 9.96. The van der Waals surface area contributed by atoms with Gasteiger partial charge in [0.2, 0.25) is 0 Å². The lowest BCUT2D eigenvalue weighted by Crippen LogP contribution is -2.66. The van der Waals surface area contributed by atoms with Crippen molar-refractivity contribution in [1.29, 1.82) is 0 Å². The summed E-state index contributed by atoms with van der Waals surface area (Å²) in [6.07, 6.45) is -12.1. The first kappa shape index (κ1) is 31.9. The van der Waals surface area contributed by atoms with Crippen LogP contribution in [0.1, 0.15) is 24.2 Å². The van der Waals surface area contributed by atoms with Gasteiger partial charge in [-0.2, -0.15) is 0 Å². The molecule has 11 atom stereocenters. The Hall–Kier alpha value is -3.51. The number of carbonyl (C=O) groups excluding carboxylic acids is 1. The van der Waals surface area contributed by atoms with Crippen LogP contribution in [0, 0.1) is 0 Å². The van der Waals surface area contributed by atoms with Crippen molar-refractivity contribution in [2.24, 2.45) is 0 Å². The number of aromatic hydroxyl groups is 4. The standard InChI is InChI=1S/C29H34O15/c1-12-22(35)24(37)25(38)28(41-12)44-26-23(36)20(11-39-21(34)7-3-13-2-5-15(30)17(32)8-13)43-29-27(26)42-19(10-40-29)14-4-6-16(31)18(33)9-14/h2-9,12,19-20,22-33,35-38H,10-11H2,1H3/b7-3+/t12-,19+,20+,22-,23+,24+,25+,26-,27+,28-,29+/m0/s1. The maximum Gasteiger partial charge on any atom is 0.330 e. The molecule has 3 heterocycles. The van der Waals surface area contributed by atoms with Gasteiger partial charge in [-0.15, -0.1) is 0 Å². The molecule has 5 rings (SSSR count). The molecule has 15 nitrogen and oxygen atoms in total. The fourth-order valence-corrected chi connectivity index (χ4v) is 5.09. The highest BCUT2D eigenvalue weighted by Gasteiger charge is 2.53. The Morgan fingerprint density at radius 2 is 1.57 bits per heavy atom. The minimum absolute atomic E-state index is 0.0760. The molecule has 0 amide bonds. The topological polar surface area (TPSA) is 234 Å². The molecule has 3 saturated heterocycles. The van der Waals surface area contributed by atoms with Crippen molar-refractivity contribution in [3.05, 3.63) is 53.6 Å². The number of hydrogen-bond acceptors (Lipinski definition) is 15. The van der Waals surface area contributed by atoms with E-state index in [-0.39, 0.29) is 29.6 Å². The number of hydrogen-bond donors (Lipinski definition) is 8. The van der Waals surface area contributed by atoms with Crippen molar-refractivity contribution >= 4 is 12.0 Å². The minimum atomic E-state index is -1.70. The van der Waals surface area contributed by atoms with Gasteiger partial charge in [-0.25, -0.2) is 4.79 Å². The zero-order valence-electron chi connectivity index (χ0n) is 23.3. The molecular formula is C29H34O15. The molecule has 0 spiro atoms. The zero-order valence-corrected chi connectivity index (χ0v) is 23.3. The number of carbonyl (C=O) groups is 1. The van der Waals surface area contributed by atoms with E-state index in [2.05, 4.69) is 0 Å². The summed E-state index contributed by atoms with van der Waals surface area (Å²) in [5.74, 6) is -2.25. The Morgan fingerprint density at radius 1 is 0.864 bits per heavy atom. The van der Waals surface area contributed by atoms with Crippen molar-refractivity contribution in [3.63, 3.8) is 0 Å². The van der Waals surface area contributed by atoms with Gasteiger partial charge in [-0.05, 0) is 48.4 Å². The van der Waals surface area contributed by atoms with Gasteiger partial charge in [0.05, 0.1) is 12.7 Å². The van der Waals surface area contributed by atoms with Crippen LogP contribution in [0.15, 0.2) is 42.5 Å². The third-order valence-electron chi connectivity index (χ3n) is 7.62. The van der Waals surface area contributed by atoms with Crippen LogP contribution >= 0.6 is 0 Å². The lowest BCUT2D eigenvalue weighted by molar-refractivity contribution is -0.384. The number of phenolic OH excluding ortho intramolecular Hbond substituents is 4. The average molecular weight is 623 g/mol. The van der Waals surface area contributed by atoms with Crippen LogP contribution in [-0.4, -0.2) is 121 Å². The van der Waals surface area contributed by atoms with Crippen molar-refractivity contribution in [2.45, 2.75) is 74.4 Å². The normalized spacial score (nSPS) is 35.7. The SMILES string of the molecule is C[C@@H]1O[C@@H](O[C@H]2[C@H](O)[C@@H](COC(=O)/C=C/c3ccc(O)c(O)c3)O[C@H]3OC[C@H](c4ccc(O)c(O)c4)O[C@@H]32)[C@H](O)[C@H](O)[C@H]1O. The van der Waals surface area contributed by atoms with E-state index in [4.69, 9.17) is 28.4 Å². The first-order chi connectivity index (χ1) is 20.9. The maximum atomic E-state index is 12.4. The van der Waals surface area contributed by atoms with Crippen LogP contribution in [0.5, 0.6) is 23.0 Å². The van der Waals surface area contributed by atoms with Crippen LogP contribution in [0.2, 0.25) is 0 Å². The summed E-state index contributed by atoms with van der Waals surface area (Å²) in [5, 5.41) is 80.9. The number of phenols is 4. The molecule has 0 aromatic heterocycles. The van der Waals surface area contributed by atoms with Gasteiger partial charge in [0, 0.05) is 6.08 Å². The molecule has 0 aliphatic carbocycles. The summed E-state index contributed by atoms with van der Waals surface area (Å²) in [5.41, 5.74) is 0.831. The molecule has 3 aliphatic rings. The monoisotopic (exact) mass is 622 g/mol. The summed E-state index contributed by atoms with van der Waals surface area (Å²) in [6.45, 7) is 0.911. The summed E-state index contributed by atoms with van der Waals surface area (Å²) < 4.78 is 34.6. The smallest absolute Gasteiger partial charge is 0.330 e. The van der Waals surface area contributed by atoms with Crippen LogP contribution in [0.4, 0.5) is 0 Å². The van der Waals surface area contributed by atoms with Gasteiger partial charge < -0.3 is 69.3 Å². The van der Waals surface area contributed by atoms with E-state index in [1.54, 1.807) is 0 Å². The summed E-state index contributed by atoms with van der Waals surface area (Å²) in [7, 11) is 0. The van der Waals surface area contributed by atoms with Crippen molar-refractivity contribution in [2.75, 3.05) is 13.2 Å². The summed E-state index contributed by atoms with van der Waals surface area (Å²) in [6, 6.07) is 7.99. The second kappa shape index (κ2) is 13.2. The zero-order chi connectivity index (χ0) is 31.7. The lowest BCUT2D eigenvalue weighted by Gasteiger charge is -2.49. The molecule has 15 heteroatoms. The van der Waals surface area contributed by atoms with E-state index in [0.717, 1.165) is 6.08 Å². The molecule has 240 valence electrons. The van der Waals surface area contributed by atoms with E-state index >= 15 is 0 Å². The van der Waals surface area contributed by atoms with E-state index < -0.39 is 80.1 Å². The number of ether oxygens (including phenoxy) is 6. The van der Waals surface area contributed by atoms with Crippen molar-refractivity contribution in [3.8, 4) is 23.0 Å². The van der Waals surface area contributed by atoms with Crippen LogP contribution in [0.3, 0.4) is 0 Å². The second-order valence-corrected chi connectivity index (χ2v) is 10.7. The quantitative estimate of drug-likeness (QED) is 0.111. The third-order valence-corrected chi connectivity index (χ3v) is 7.62. The molecule has 0 bridgehead atoms. The predicted molar refractivity (Wildman–Crippen MR) is 145 cm³/mol. The molecular weight excluding hydrogens is 588 g/mol. The molecule has 0 saturated carbocycles. The average Bonchev–Trinajstić information content (AvgIpc) is 3.00. The number of aliphatic hydroxyl groups is 4. The summed E-state index contributed by atoms with van der Waals surface area (Å²) in [4.78, 5) is 12.4. The number of fused-ring (bicyclic) bond motifs is 1. The van der Waals surface area contributed by atoms with Gasteiger partial charge in [0.1, 0.15) is 55.4 Å². The van der Waals surface area contributed by atoms with Gasteiger partial charge in [-0.3, -0.25) is 0 Å². The number of esters is 1. The third kappa shape index (κ3) is 6.76. The highest BCUT2D eigenvalue weighted by atomic mass is 16.8. The molecule has 3 fully saturated rings. The van der Waals surface area contributed by atoms with Crippen LogP contribution < -0.4 is 0 Å². The first-order valence-corrected chi connectivity index (χ1v) is 13.8. The molecule has 0 radical (unpaired) electrons. The minimum Gasteiger partial charge on any atom is -0.504 e. The predicted octanol–water partition coefficient (Wildman–Crippen LogP) is -0.479. The number of rotatable bonds is 7. The molecule has 44 heavy (non-hydrogen) atoms. The Labute approximate surface area is 250 Å². The second-order valence-electron chi connectivity index (χ2n) is 10.7. The largest absolute Gasteiger partial charge is 0.504 e. The molecule has 0 unspecified atom stereocenters. The molecule has 2 aromatic carbocycles. The maximum absolute atomic E-state index is 12.4. The van der Waals surface area contributed by atoms with Crippen molar-refractivity contribution in [1.82, 2.24) is 0 Å².